The standard InChI is InChI=1S/C21H10BrF2N3O2S/c22-13-1-4-19-11(5-13)6-15(21(28)29-19)18-10-30-20(27-18)12(8-25)9-26-14-2-3-16(23)17(24)7-14/h1-7,9-10,26H/b12-9+. The van der Waals surface area contributed by atoms with Crippen LogP contribution in [-0.2, 0) is 0 Å². The third kappa shape index (κ3) is 4.01. The number of anilines is 1. The van der Waals surface area contributed by atoms with E-state index in [9.17, 15) is 18.8 Å². The number of hydrogen-bond donors (Lipinski definition) is 1. The number of nitriles is 1. The topological polar surface area (TPSA) is 78.9 Å². The van der Waals surface area contributed by atoms with Gasteiger partial charge in [-0.1, -0.05) is 15.9 Å². The highest BCUT2D eigenvalue weighted by atomic mass is 79.9. The highest BCUT2D eigenvalue weighted by Crippen LogP contribution is 2.27. The maximum Gasteiger partial charge on any atom is 0.345 e. The Hall–Kier alpha value is -3.35. The molecule has 30 heavy (non-hydrogen) atoms. The minimum absolute atomic E-state index is 0.170. The Kier molecular flexibility index (Phi) is 5.44. The van der Waals surface area contributed by atoms with Gasteiger partial charge in [-0.2, -0.15) is 5.26 Å². The third-order valence-electron chi connectivity index (χ3n) is 4.13. The molecular weight excluding hydrogens is 476 g/mol. The molecule has 2 heterocycles. The lowest BCUT2D eigenvalue weighted by atomic mass is 10.1. The number of fused-ring (bicyclic) bond motifs is 1. The van der Waals surface area contributed by atoms with Crippen LogP contribution in [0.5, 0.6) is 0 Å². The van der Waals surface area contributed by atoms with Gasteiger partial charge < -0.3 is 9.73 Å². The Morgan fingerprint density at radius 1 is 1.20 bits per heavy atom. The van der Waals surface area contributed by atoms with Crippen molar-refractivity contribution in [2.45, 2.75) is 0 Å². The molecule has 0 atom stereocenters. The molecule has 5 nitrogen and oxygen atoms in total. The maximum absolute atomic E-state index is 13.3. The van der Waals surface area contributed by atoms with Gasteiger partial charge >= 0.3 is 5.63 Å². The molecule has 9 heteroatoms. The Bertz CT molecular complexity index is 1410. The maximum atomic E-state index is 13.3. The summed E-state index contributed by atoms with van der Waals surface area (Å²) in [5, 5.41) is 14.9. The van der Waals surface area contributed by atoms with Crippen LogP contribution in [-0.4, -0.2) is 4.98 Å². The number of benzene rings is 2. The van der Waals surface area contributed by atoms with Crippen molar-refractivity contribution in [3.8, 4) is 17.3 Å². The minimum atomic E-state index is -1.00. The second kappa shape index (κ2) is 8.18. The first-order valence-electron chi connectivity index (χ1n) is 8.46. The quantitative estimate of drug-likeness (QED) is 0.286. The van der Waals surface area contributed by atoms with Crippen LogP contribution in [0.2, 0.25) is 0 Å². The van der Waals surface area contributed by atoms with Crippen LogP contribution in [0.15, 0.2) is 67.7 Å². The molecule has 0 radical (unpaired) electrons. The molecule has 0 aliphatic heterocycles. The molecule has 0 aliphatic carbocycles. The molecule has 0 saturated heterocycles. The smallest absolute Gasteiger partial charge is 0.345 e. The average molecular weight is 486 g/mol. The van der Waals surface area contributed by atoms with E-state index in [-0.39, 0.29) is 16.8 Å². The molecular formula is C21H10BrF2N3O2S. The van der Waals surface area contributed by atoms with Crippen molar-refractivity contribution >= 4 is 49.5 Å². The molecule has 2 aromatic heterocycles. The van der Waals surface area contributed by atoms with Crippen LogP contribution in [0.25, 0.3) is 27.8 Å². The summed E-state index contributed by atoms with van der Waals surface area (Å²) in [6, 6.07) is 12.3. The largest absolute Gasteiger partial charge is 0.422 e. The normalized spacial score (nSPS) is 11.5. The predicted octanol–water partition coefficient (Wildman–Crippen LogP) is 5.93. The van der Waals surface area contributed by atoms with Crippen LogP contribution in [0.4, 0.5) is 14.5 Å². The SMILES string of the molecule is N#C/C(=C\Nc1ccc(F)c(F)c1)c1nc(-c2cc3cc(Br)ccc3oc2=O)cs1. The van der Waals surface area contributed by atoms with Crippen LogP contribution >= 0.6 is 27.3 Å². The summed E-state index contributed by atoms with van der Waals surface area (Å²) in [6.07, 6.45) is 1.34. The highest BCUT2D eigenvalue weighted by Gasteiger charge is 2.14. The van der Waals surface area contributed by atoms with Crippen molar-refractivity contribution in [2.75, 3.05) is 5.32 Å². The van der Waals surface area contributed by atoms with Gasteiger partial charge in [-0.3, -0.25) is 0 Å². The van der Waals surface area contributed by atoms with Crippen molar-refractivity contribution in [3.05, 3.63) is 85.6 Å². The zero-order valence-corrected chi connectivity index (χ0v) is 17.4. The van der Waals surface area contributed by atoms with Gasteiger partial charge in [0.25, 0.3) is 0 Å². The molecule has 0 saturated carbocycles. The van der Waals surface area contributed by atoms with Gasteiger partial charge in [-0.25, -0.2) is 18.6 Å². The van der Waals surface area contributed by atoms with Gasteiger partial charge in [0.15, 0.2) is 11.6 Å². The first-order chi connectivity index (χ1) is 14.4. The van der Waals surface area contributed by atoms with Crippen molar-refractivity contribution < 1.29 is 13.2 Å². The zero-order chi connectivity index (χ0) is 21.3. The zero-order valence-electron chi connectivity index (χ0n) is 14.9. The summed E-state index contributed by atoms with van der Waals surface area (Å²) in [5.41, 5.74) is 1.01. The molecule has 0 aliphatic rings. The van der Waals surface area contributed by atoms with Crippen molar-refractivity contribution in [3.63, 3.8) is 0 Å². The summed E-state index contributed by atoms with van der Waals surface area (Å²) >= 11 is 4.55. The van der Waals surface area contributed by atoms with Crippen LogP contribution < -0.4 is 10.9 Å². The molecule has 4 aromatic rings. The number of hydrogen-bond acceptors (Lipinski definition) is 6. The predicted molar refractivity (Wildman–Crippen MR) is 115 cm³/mol. The molecule has 2 aromatic carbocycles. The van der Waals surface area contributed by atoms with Crippen molar-refractivity contribution in [2.24, 2.45) is 0 Å². The molecule has 0 spiro atoms. The lowest BCUT2D eigenvalue weighted by Gasteiger charge is -2.02. The molecule has 0 bridgehead atoms. The second-order valence-electron chi connectivity index (χ2n) is 6.11. The summed E-state index contributed by atoms with van der Waals surface area (Å²) in [7, 11) is 0. The van der Waals surface area contributed by atoms with E-state index >= 15 is 0 Å². The van der Waals surface area contributed by atoms with E-state index in [0.29, 0.717) is 16.3 Å². The average Bonchev–Trinajstić information content (AvgIpc) is 3.20. The van der Waals surface area contributed by atoms with Crippen molar-refractivity contribution in [1.82, 2.24) is 4.98 Å². The molecule has 0 amide bonds. The van der Waals surface area contributed by atoms with Crippen molar-refractivity contribution in [1.29, 1.82) is 5.26 Å². The fourth-order valence-corrected chi connectivity index (χ4v) is 3.84. The summed E-state index contributed by atoms with van der Waals surface area (Å²) in [6.45, 7) is 0. The number of nitrogens with zero attached hydrogens (tertiary/aromatic N) is 2. The van der Waals surface area contributed by atoms with E-state index in [0.717, 1.165) is 22.0 Å². The van der Waals surface area contributed by atoms with Crippen LogP contribution in [0.3, 0.4) is 0 Å². The second-order valence-corrected chi connectivity index (χ2v) is 7.88. The minimum Gasteiger partial charge on any atom is -0.422 e. The molecule has 4 rings (SSSR count). The molecule has 148 valence electrons. The Labute approximate surface area is 181 Å². The van der Waals surface area contributed by atoms with E-state index in [2.05, 4.69) is 26.2 Å². The van der Waals surface area contributed by atoms with Gasteiger partial charge in [0, 0.05) is 33.2 Å². The fourth-order valence-electron chi connectivity index (χ4n) is 2.68. The van der Waals surface area contributed by atoms with E-state index in [1.807, 2.05) is 12.1 Å². The number of aromatic nitrogens is 1. The van der Waals surface area contributed by atoms with Gasteiger partial charge in [-0.05, 0) is 36.4 Å². The van der Waals surface area contributed by atoms with E-state index in [4.69, 9.17) is 4.42 Å². The molecule has 0 unspecified atom stereocenters. The Morgan fingerprint density at radius 2 is 2.03 bits per heavy atom. The molecule has 0 fully saturated rings. The van der Waals surface area contributed by atoms with E-state index in [1.165, 1.54) is 23.6 Å². The number of thiazole rings is 1. The third-order valence-corrected chi connectivity index (χ3v) is 5.50. The monoisotopic (exact) mass is 485 g/mol. The summed E-state index contributed by atoms with van der Waals surface area (Å²) in [5.74, 6) is -1.96. The first-order valence-corrected chi connectivity index (χ1v) is 10.1. The summed E-state index contributed by atoms with van der Waals surface area (Å²) in [4.78, 5) is 16.7. The van der Waals surface area contributed by atoms with Crippen LogP contribution in [0.1, 0.15) is 5.01 Å². The highest BCUT2D eigenvalue weighted by molar-refractivity contribution is 9.10. The van der Waals surface area contributed by atoms with Crippen LogP contribution in [0, 0.1) is 23.0 Å². The lowest BCUT2D eigenvalue weighted by Crippen LogP contribution is -2.03. The van der Waals surface area contributed by atoms with E-state index < -0.39 is 17.3 Å². The first kappa shape index (κ1) is 19.9. The van der Waals surface area contributed by atoms with E-state index in [1.54, 1.807) is 23.6 Å². The Balaban J connectivity index is 1.66. The van der Waals surface area contributed by atoms with Gasteiger partial charge in [0.2, 0.25) is 0 Å². The van der Waals surface area contributed by atoms with Gasteiger partial charge in [0.1, 0.15) is 22.2 Å². The lowest BCUT2D eigenvalue weighted by molar-refractivity contribution is 0.509. The van der Waals surface area contributed by atoms with Gasteiger partial charge in [0.05, 0.1) is 11.3 Å². The number of rotatable bonds is 4. The number of halogens is 3. The fraction of sp³-hybridized carbons (Fsp3) is 0. The molecule has 1 N–H and O–H groups in total. The number of allylic oxidation sites excluding steroid dienone is 1. The Morgan fingerprint density at radius 3 is 2.80 bits per heavy atom. The summed E-state index contributed by atoms with van der Waals surface area (Å²) < 4.78 is 32.5. The number of nitrogens with one attached hydrogen (secondary N) is 1. The van der Waals surface area contributed by atoms with Gasteiger partial charge in [-0.15, -0.1) is 11.3 Å².